The average molecular weight is 302 g/mol. The van der Waals surface area contributed by atoms with Crippen LogP contribution >= 0.6 is 0 Å². The Hall–Kier alpha value is -1.45. The van der Waals surface area contributed by atoms with Gasteiger partial charge in [-0.1, -0.05) is 0 Å². The largest absolute Gasteiger partial charge is 0.330 e. The standard InChI is InChI=1S/C11H18N4O4S/c1-13-5-4-8(6-13)12-20(18,19)9-7-14(2)11(17)15(3)10(9)16/h7-8,12H,4-6H2,1-3H3. The third kappa shape index (κ3) is 2.69. The molecule has 0 aliphatic carbocycles. The number of sulfonamides is 1. The van der Waals surface area contributed by atoms with Crippen LogP contribution in [0.3, 0.4) is 0 Å². The van der Waals surface area contributed by atoms with Gasteiger partial charge >= 0.3 is 5.69 Å². The molecular weight excluding hydrogens is 284 g/mol. The van der Waals surface area contributed by atoms with Gasteiger partial charge in [0.05, 0.1) is 0 Å². The van der Waals surface area contributed by atoms with Crippen molar-refractivity contribution in [1.82, 2.24) is 18.8 Å². The molecule has 9 heteroatoms. The lowest BCUT2D eigenvalue weighted by Gasteiger charge is -2.14. The van der Waals surface area contributed by atoms with Gasteiger partial charge in [0.15, 0.2) is 4.90 Å². The van der Waals surface area contributed by atoms with Gasteiger partial charge < -0.3 is 9.47 Å². The lowest BCUT2D eigenvalue weighted by Crippen LogP contribution is -2.44. The van der Waals surface area contributed by atoms with Crippen molar-refractivity contribution in [2.75, 3.05) is 20.1 Å². The van der Waals surface area contributed by atoms with E-state index >= 15 is 0 Å². The van der Waals surface area contributed by atoms with E-state index in [1.54, 1.807) is 0 Å². The highest BCUT2D eigenvalue weighted by molar-refractivity contribution is 7.89. The number of hydrogen-bond acceptors (Lipinski definition) is 5. The summed E-state index contributed by atoms with van der Waals surface area (Å²) in [5.74, 6) is 0. The number of likely N-dealkylation sites (tertiary alicyclic amines) is 1. The molecule has 8 nitrogen and oxygen atoms in total. The van der Waals surface area contributed by atoms with Gasteiger partial charge in [0, 0.05) is 32.9 Å². The number of aromatic nitrogens is 2. The fourth-order valence-corrected chi connectivity index (χ4v) is 3.70. The Morgan fingerprint density at radius 1 is 1.25 bits per heavy atom. The number of nitrogens with zero attached hydrogens (tertiary/aromatic N) is 3. The van der Waals surface area contributed by atoms with Gasteiger partial charge in [0.25, 0.3) is 5.56 Å². The first-order valence-corrected chi connectivity index (χ1v) is 7.68. The van der Waals surface area contributed by atoms with Crippen LogP contribution in [0, 0.1) is 0 Å². The van der Waals surface area contributed by atoms with Crippen LogP contribution in [0.4, 0.5) is 0 Å². The maximum absolute atomic E-state index is 12.3. The molecule has 2 rings (SSSR count). The Balaban J connectivity index is 2.40. The van der Waals surface area contributed by atoms with E-state index in [0.717, 1.165) is 21.9 Å². The summed E-state index contributed by atoms with van der Waals surface area (Å²) in [5.41, 5.74) is -1.37. The van der Waals surface area contributed by atoms with E-state index in [1.807, 2.05) is 11.9 Å². The average Bonchev–Trinajstić information content (AvgIpc) is 2.75. The molecular formula is C11H18N4O4S. The predicted molar refractivity (Wildman–Crippen MR) is 73.1 cm³/mol. The highest BCUT2D eigenvalue weighted by atomic mass is 32.2. The van der Waals surface area contributed by atoms with E-state index in [4.69, 9.17) is 0 Å². The summed E-state index contributed by atoms with van der Waals surface area (Å²) in [6, 6.07) is -0.216. The van der Waals surface area contributed by atoms with Crippen LogP contribution in [-0.4, -0.2) is 48.6 Å². The first-order chi connectivity index (χ1) is 9.22. The fraction of sp³-hybridized carbons (Fsp3) is 0.636. The molecule has 1 atom stereocenters. The summed E-state index contributed by atoms with van der Waals surface area (Å²) < 4.78 is 28.9. The maximum atomic E-state index is 12.3. The summed E-state index contributed by atoms with van der Waals surface area (Å²) in [4.78, 5) is 25.1. The lowest BCUT2D eigenvalue weighted by atomic mass is 10.3. The van der Waals surface area contributed by atoms with E-state index in [9.17, 15) is 18.0 Å². The van der Waals surface area contributed by atoms with Crippen molar-refractivity contribution in [2.24, 2.45) is 14.1 Å². The normalized spacial score (nSPS) is 20.4. The second-order valence-corrected chi connectivity index (χ2v) is 6.80. The molecule has 0 spiro atoms. The molecule has 0 radical (unpaired) electrons. The summed E-state index contributed by atoms with van der Waals surface area (Å²) in [5, 5.41) is 0. The van der Waals surface area contributed by atoms with Gasteiger partial charge in [-0.2, -0.15) is 0 Å². The molecule has 1 saturated heterocycles. The molecule has 1 unspecified atom stereocenters. The second kappa shape index (κ2) is 5.15. The van der Waals surface area contributed by atoms with Crippen molar-refractivity contribution in [2.45, 2.75) is 17.4 Å². The maximum Gasteiger partial charge on any atom is 0.330 e. The summed E-state index contributed by atoms with van der Waals surface area (Å²) in [6.45, 7) is 1.41. The molecule has 0 bridgehead atoms. The second-order valence-electron chi connectivity index (χ2n) is 5.12. The van der Waals surface area contributed by atoms with Gasteiger partial charge in [-0.25, -0.2) is 17.9 Å². The molecule has 2 heterocycles. The van der Waals surface area contributed by atoms with Crippen molar-refractivity contribution in [3.05, 3.63) is 27.0 Å². The predicted octanol–water partition coefficient (Wildman–Crippen LogP) is -1.93. The summed E-state index contributed by atoms with van der Waals surface area (Å²) in [7, 11) is 0.637. The van der Waals surface area contributed by atoms with E-state index in [-0.39, 0.29) is 6.04 Å². The number of nitrogens with one attached hydrogen (secondary N) is 1. The highest BCUT2D eigenvalue weighted by Crippen LogP contribution is 2.10. The Kier molecular flexibility index (Phi) is 3.85. The SMILES string of the molecule is CN1CCC(NS(=O)(=O)c2cn(C)c(=O)n(C)c2=O)C1. The van der Waals surface area contributed by atoms with Crippen molar-refractivity contribution in [1.29, 1.82) is 0 Å². The van der Waals surface area contributed by atoms with Crippen molar-refractivity contribution < 1.29 is 8.42 Å². The number of aryl methyl sites for hydroxylation is 1. The van der Waals surface area contributed by atoms with Gasteiger partial charge in [0.2, 0.25) is 10.0 Å². The van der Waals surface area contributed by atoms with Crippen LogP contribution in [0.25, 0.3) is 0 Å². The van der Waals surface area contributed by atoms with Crippen LogP contribution < -0.4 is 16.0 Å². The van der Waals surface area contributed by atoms with Crippen molar-refractivity contribution in [3.8, 4) is 0 Å². The molecule has 0 aromatic carbocycles. The zero-order valence-corrected chi connectivity index (χ0v) is 12.5. The first-order valence-electron chi connectivity index (χ1n) is 6.20. The third-order valence-electron chi connectivity index (χ3n) is 3.42. The number of likely N-dealkylation sites (N-methyl/N-ethyl adjacent to an activating group) is 1. The van der Waals surface area contributed by atoms with Gasteiger partial charge in [-0.3, -0.25) is 9.36 Å². The molecule has 1 fully saturated rings. The Bertz CT molecular complexity index is 734. The Morgan fingerprint density at radius 2 is 1.90 bits per heavy atom. The molecule has 20 heavy (non-hydrogen) atoms. The van der Waals surface area contributed by atoms with Gasteiger partial charge in [-0.15, -0.1) is 0 Å². The smallest absolute Gasteiger partial charge is 0.305 e. The zero-order chi connectivity index (χ0) is 15.1. The molecule has 1 N–H and O–H groups in total. The molecule has 0 saturated carbocycles. The van der Waals surface area contributed by atoms with Crippen LogP contribution in [-0.2, 0) is 24.1 Å². The van der Waals surface area contributed by atoms with E-state index in [1.165, 1.54) is 14.1 Å². The quantitative estimate of drug-likeness (QED) is 0.701. The van der Waals surface area contributed by atoms with Crippen molar-refractivity contribution in [3.63, 3.8) is 0 Å². The summed E-state index contributed by atoms with van der Waals surface area (Å²) in [6.07, 6.45) is 1.76. The van der Waals surface area contributed by atoms with Gasteiger partial charge in [0.1, 0.15) is 0 Å². The molecule has 0 amide bonds. The molecule has 1 aromatic heterocycles. The van der Waals surface area contributed by atoms with Crippen LogP contribution in [0.5, 0.6) is 0 Å². The zero-order valence-electron chi connectivity index (χ0n) is 11.7. The van der Waals surface area contributed by atoms with E-state index < -0.39 is 26.2 Å². The van der Waals surface area contributed by atoms with Crippen LogP contribution in [0.15, 0.2) is 20.7 Å². The topological polar surface area (TPSA) is 93.4 Å². The minimum absolute atomic E-state index is 0.216. The number of rotatable bonds is 3. The molecule has 1 aliphatic heterocycles. The monoisotopic (exact) mass is 302 g/mol. The van der Waals surface area contributed by atoms with E-state index in [0.29, 0.717) is 13.0 Å². The summed E-state index contributed by atoms with van der Waals surface area (Å²) >= 11 is 0. The Morgan fingerprint density at radius 3 is 2.45 bits per heavy atom. The van der Waals surface area contributed by atoms with Crippen LogP contribution in [0.1, 0.15) is 6.42 Å². The van der Waals surface area contributed by atoms with Crippen LogP contribution in [0.2, 0.25) is 0 Å². The molecule has 112 valence electrons. The highest BCUT2D eigenvalue weighted by Gasteiger charge is 2.28. The third-order valence-corrected chi connectivity index (χ3v) is 4.92. The number of hydrogen-bond donors (Lipinski definition) is 1. The minimum atomic E-state index is -3.93. The first kappa shape index (κ1) is 14.9. The van der Waals surface area contributed by atoms with Gasteiger partial charge in [-0.05, 0) is 20.0 Å². The lowest BCUT2D eigenvalue weighted by molar-refractivity contribution is 0.407. The minimum Gasteiger partial charge on any atom is -0.305 e. The van der Waals surface area contributed by atoms with Crippen molar-refractivity contribution >= 4 is 10.0 Å². The molecule has 1 aliphatic rings. The fourth-order valence-electron chi connectivity index (χ4n) is 2.27. The molecule has 1 aromatic rings. The van der Waals surface area contributed by atoms with E-state index in [2.05, 4.69) is 4.72 Å². The Labute approximate surface area is 116 Å².